The van der Waals surface area contributed by atoms with Crippen molar-refractivity contribution in [3.63, 3.8) is 0 Å². The number of anilines is 1. The van der Waals surface area contributed by atoms with Crippen LogP contribution in [0.1, 0.15) is 25.0 Å². The molecule has 1 aliphatic rings. The molecule has 1 aliphatic heterocycles. The summed E-state index contributed by atoms with van der Waals surface area (Å²) in [5, 5.41) is 0. The second-order valence-electron chi connectivity index (χ2n) is 5.04. The van der Waals surface area contributed by atoms with E-state index in [0.717, 1.165) is 6.07 Å². The topological polar surface area (TPSA) is 23.6 Å². The Bertz CT molecular complexity index is 524. The Balaban J connectivity index is 2.22. The van der Waals surface area contributed by atoms with Crippen molar-refractivity contribution in [2.45, 2.75) is 26.4 Å². The largest absolute Gasteiger partial charge is 0.416 e. The average molecular weight is 300 g/mol. The van der Waals surface area contributed by atoms with Gasteiger partial charge in [-0.2, -0.15) is 13.2 Å². The van der Waals surface area contributed by atoms with Gasteiger partial charge in [0.1, 0.15) is 0 Å². The molecule has 0 atom stereocenters. The summed E-state index contributed by atoms with van der Waals surface area (Å²) in [5.74, 6) is -0.0507. The van der Waals surface area contributed by atoms with E-state index < -0.39 is 11.7 Å². The first-order chi connectivity index (χ1) is 9.88. The minimum Gasteiger partial charge on any atom is -0.362 e. The van der Waals surface area contributed by atoms with E-state index >= 15 is 0 Å². The quantitative estimate of drug-likeness (QED) is 0.853. The van der Waals surface area contributed by atoms with Crippen LogP contribution >= 0.6 is 0 Å². The van der Waals surface area contributed by atoms with Gasteiger partial charge < -0.3 is 9.80 Å². The van der Waals surface area contributed by atoms with Gasteiger partial charge >= 0.3 is 6.18 Å². The number of carbonyl (C=O) groups excluding carboxylic acids is 1. The molecule has 3 nitrogen and oxygen atoms in total. The highest BCUT2D eigenvalue weighted by atomic mass is 19.4. The van der Waals surface area contributed by atoms with Crippen LogP contribution in [0.15, 0.2) is 18.2 Å². The van der Waals surface area contributed by atoms with E-state index in [9.17, 15) is 18.0 Å². The molecule has 1 aromatic carbocycles. The fraction of sp³-hybridized carbons (Fsp3) is 0.533. The maximum atomic E-state index is 13.0. The van der Waals surface area contributed by atoms with Gasteiger partial charge in [-0.15, -0.1) is 0 Å². The van der Waals surface area contributed by atoms with Crippen molar-refractivity contribution in [3.8, 4) is 0 Å². The molecule has 2 rings (SSSR count). The van der Waals surface area contributed by atoms with E-state index in [0.29, 0.717) is 37.3 Å². The minimum atomic E-state index is -4.34. The maximum Gasteiger partial charge on any atom is 0.416 e. The number of likely N-dealkylation sites (N-methyl/N-ethyl adjacent to an activating group) is 1. The van der Waals surface area contributed by atoms with Gasteiger partial charge in [0.15, 0.2) is 0 Å². The van der Waals surface area contributed by atoms with Crippen molar-refractivity contribution in [2.24, 2.45) is 0 Å². The van der Waals surface area contributed by atoms with Crippen LogP contribution in [0.5, 0.6) is 0 Å². The molecule has 0 fully saturated rings. The van der Waals surface area contributed by atoms with Crippen LogP contribution in [0.25, 0.3) is 0 Å². The Hall–Kier alpha value is -1.72. The number of carbonyl (C=O) groups is 1. The first-order valence-corrected chi connectivity index (χ1v) is 7.10. The van der Waals surface area contributed by atoms with Crippen LogP contribution in [-0.2, 0) is 17.4 Å². The number of benzene rings is 1. The highest BCUT2D eigenvalue weighted by molar-refractivity contribution is 5.82. The lowest BCUT2D eigenvalue weighted by atomic mass is 10.0. The zero-order valence-electron chi connectivity index (χ0n) is 12.2. The van der Waals surface area contributed by atoms with Crippen molar-refractivity contribution in [2.75, 3.05) is 31.1 Å². The summed E-state index contributed by atoms with van der Waals surface area (Å²) >= 11 is 0. The highest BCUT2D eigenvalue weighted by Crippen LogP contribution is 2.39. The van der Waals surface area contributed by atoms with Gasteiger partial charge in [0.25, 0.3) is 0 Å². The van der Waals surface area contributed by atoms with E-state index in [1.807, 2.05) is 13.8 Å². The lowest BCUT2D eigenvalue weighted by Gasteiger charge is -2.24. The van der Waals surface area contributed by atoms with Crippen LogP contribution in [0.3, 0.4) is 0 Å². The molecule has 0 saturated heterocycles. The molecule has 1 heterocycles. The SMILES string of the molecule is CCN(CC)C(=O)CN1CCc2c1cccc2C(F)(F)F. The molecule has 0 spiro atoms. The lowest BCUT2D eigenvalue weighted by Crippen LogP contribution is -2.39. The van der Waals surface area contributed by atoms with E-state index in [4.69, 9.17) is 0 Å². The zero-order valence-corrected chi connectivity index (χ0v) is 12.2. The smallest absolute Gasteiger partial charge is 0.362 e. The first kappa shape index (κ1) is 15.7. The Kier molecular flexibility index (Phi) is 4.44. The lowest BCUT2D eigenvalue weighted by molar-refractivity contribution is -0.138. The summed E-state index contributed by atoms with van der Waals surface area (Å²) in [5.41, 5.74) is 0.250. The molecule has 0 bridgehead atoms. The first-order valence-electron chi connectivity index (χ1n) is 7.10. The third kappa shape index (κ3) is 3.14. The number of halogens is 3. The van der Waals surface area contributed by atoms with Crippen LogP contribution in [-0.4, -0.2) is 37.0 Å². The molecular formula is C15H19F3N2O. The molecule has 21 heavy (non-hydrogen) atoms. The monoisotopic (exact) mass is 300 g/mol. The van der Waals surface area contributed by atoms with Gasteiger partial charge in [-0.05, 0) is 38.0 Å². The highest BCUT2D eigenvalue weighted by Gasteiger charge is 2.36. The minimum absolute atomic E-state index is 0.0507. The zero-order chi connectivity index (χ0) is 15.6. The normalized spacial score (nSPS) is 14.2. The molecule has 1 amide bonds. The van der Waals surface area contributed by atoms with Crippen molar-refractivity contribution < 1.29 is 18.0 Å². The third-order valence-electron chi connectivity index (χ3n) is 3.87. The number of rotatable bonds is 4. The molecule has 0 unspecified atom stereocenters. The molecule has 0 aliphatic carbocycles. The van der Waals surface area contributed by atoms with Gasteiger partial charge in [0.2, 0.25) is 5.91 Å². The van der Waals surface area contributed by atoms with Crippen molar-refractivity contribution in [3.05, 3.63) is 29.3 Å². The predicted octanol–water partition coefficient (Wildman–Crippen LogP) is 2.94. The van der Waals surface area contributed by atoms with Crippen LogP contribution < -0.4 is 4.90 Å². The number of nitrogens with zero attached hydrogens (tertiary/aromatic N) is 2. The van der Waals surface area contributed by atoms with Gasteiger partial charge in [-0.3, -0.25) is 4.79 Å². The van der Waals surface area contributed by atoms with E-state index in [1.165, 1.54) is 6.07 Å². The van der Waals surface area contributed by atoms with Crippen LogP contribution in [0.2, 0.25) is 0 Å². The molecule has 6 heteroatoms. The van der Waals surface area contributed by atoms with Crippen molar-refractivity contribution >= 4 is 11.6 Å². The van der Waals surface area contributed by atoms with Gasteiger partial charge in [0.05, 0.1) is 12.1 Å². The summed E-state index contributed by atoms with van der Waals surface area (Å²) in [4.78, 5) is 15.5. The van der Waals surface area contributed by atoms with Crippen molar-refractivity contribution in [1.29, 1.82) is 0 Å². The number of fused-ring (bicyclic) bond motifs is 1. The second kappa shape index (κ2) is 5.95. The number of hydrogen-bond donors (Lipinski definition) is 0. The summed E-state index contributed by atoms with van der Waals surface area (Å²) in [6.45, 7) is 5.59. The molecule has 0 saturated carbocycles. The van der Waals surface area contributed by atoms with Gasteiger partial charge in [-0.25, -0.2) is 0 Å². The Labute approximate surface area is 122 Å². The summed E-state index contributed by atoms with van der Waals surface area (Å²) in [6, 6.07) is 4.17. The summed E-state index contributed by atoms with van der Waals surface area (Å²) < 4.78 is 38.9. The van der Waals surface area contributed by atoms with Gasteiger partial charge in [0, 0.05) is 25.3 Å². The maximum absolute atomic E-state index is 13.0. The Morgan fingerprint density at radius 3 is 2.52 bits per heavy atom. The van der Waals surface area contributed by atoms with Gasteiger partial charge in [-0.1, -0.05) is 6.07 Å². The summed E-state index contributed by atoms with van der Waals surface area (Å²) in [7, 11) is 0. The van der Waals surface area contributed by atoms with E-state index in [-0.39, 0.29) is 12.5 Å². The fourth-order valence-electron chi connectivity index (χ4n) is 2.77. The fourth-order valence-corrected chi connectivity index (χ4v) is 2.77. The Morgan fingerprint density at radius 2 is 1.95 bits per heavy atom. The predicted molar refractivity (Wildman–Crippen MR) is 75.3 cm³/mol. The molecule has 0 N–H and O–H groups in total. The van der Waals surface area contributed by atoms with Crippen molar-refractivity contribution in [1.82, 2.24) is 4.90 Å². The number of alkyl halides is 3. The molecule has 1 aromatic rings. The molecule has 116 valence electrons. The average Bonchev–Trinajstić information content (AvgIpc) is 2.82. The third-order valence-corrected chi connectivity index (χ3v) is 3.87. The number of amides is 1. The number of hydrogen-bond acceptors (Lipinski definition) is 2. The van der Waals surface area contributed by atoms with E-state index in [2.05, 4.69) is 0 Å². The molecule has 0 aromatic heterocycles. The standard InChI is InChI=1S/C15H19F3N2O/c1-3-19(4-2)14(21)10-20-9-8-11-12(15(16,17)18)6-5-7-13(11)20/h5-7H,3-4,8-10H2,1-2H3. The Morgan fingerprint density at radius 1 is 1.29 bits per heavy atom. The molecular weight excluding hydrogens is 281 g/mol. The second-order valence-corrected chi connectivity index (χ2v) is 5.04. The summed E-state index contributed by atoms with van der Waals surface area (Å²) in [6.07, 6.45) is -4.01. The van der Waals surface area contributed by atoms with Crippen LogP contribution in [0.4, 0.5) is 18.9 Å². The molecule has 0 radical (unpaired) electrons. The van der Waals surface area contributed by atoms with Crippen LogP contribution in [0, 0.1) is 0 Å². The van der Waals surface area contributed by atoms with E-state index in [1.54, 1.807) is 15.9 Å².